The van der Waals surface area contributed by atoms with Crippen LogP contribution in [0.2, 0.25) is 0 Å². The summed E-state index contributed by atoms with van der Waals surface area (Å²) in [6.07, 6.45) is 3.13. The van der Waals surface area contributed by atoms with E-state index in [1.54, 1.807) is 11.1 Å². The number of rotatable bonds is 6. The molecule has 0 radical (unpaired) electrons. The van der Waals surface area contributed by atoms with E-state index in [0.717, 1.165) is 11.3 Å². The van der Waals surface area contributed by atoms with E-state index >= 15 is 0 Å². The minimum absolute atomic E-state index is 0.0582. The highest BCUT2D eigenvalue weighted by atomic mass is 16.2. The van der Waals surface area contributed by atoms with Gasteiger partial charge in [-0.05, 0) is 56.5 Å². The Bertz CT molecular complexity index is 937. The zero-order chi connectivity index (χ0) is 20.1. The molecule has 0 atom stereocenters. The summed E-state index contributed by atoms with van der Waals surface area (Å²) < 4.78 is 0. The number of carbonyl (C=O) groups excluding carboxylic acids is 1. The normalized spacial score (nSPS) is 10.8. The van der Waals surface area contributed by atoms with Crippen molar-refractivity contribution in [2.45, 2.75) is 40.3 Å². The number of nitrogens with zero attached hydrogens (tertiary/aromatic N) is 3. The van der Waals surface area contributed by atoms with Crippen molar-refractivity contribution >= 4 is 17.4 Å². The van der Waals surface area contributed by atoms with Gasteiger partial charge < -0.3 is 10.2 Å². The predicted molar refractivity (Wildman–Crippen MR) is 113 cm³/mol. The van der Waals surface area contributed by atoms with Gasteiger partial charge in [0.15, 0.2) is 0 Å². The molecule has 144 valence electrons. The number of hydrogen-bond donors (Lipinski definition) is 1. The molecular formula is C23H26N4O. The summed E-state index contributed by atoms with van der Waals surface area (Å²) in [5.74, 6) is 0.489. The average Bonchev–Trinajstić information content (AvgIpc) is 2.69. The third kappa shape index (κ3) is 4.74. The first-order chi connectivity index (χ1) is 13.4. The topological polar surface area (TPSA) is 58.1 Å². The highest BCUT2D eigenvalue weighted by Crippen LogP contribution is 2.18. The van der Waals surface area contributed by atoms with Gasteiger partial charge in [0, 0.05) is 18.3 Å². The molecule has 0 unspecified atom stereocenters. The van der Waals surface area contributed by atoms with Crippen LogP contribution in [0.5, 0.6) is 0 Å². The molecule has 0 spiro atoms. The summed E-state index contributed by atoms with van der Waals surface area (Å²) in [4.78, 5) is 23.5. The van der Waals surface area contributed by atoms with Crippen LogP contribution in [-0.2, 0) is 6.54 Å². The van der Waals surface area contributed by atoms with Crippen molar-refractivity contribution < 1.29 is 4.79 Å². The summed E-state index contributed by atoms with van der Waals surface area (Å²) in [5, 5.41) is 3.23. The minimum Gasteiger partial charge on any atom is -0.339 e. The molecular weight excluding hydrogens is 348 g/mol. The maximum Gasteiger partial charge on any atom is 0.274 e. The Labute approximate surface area is 166 Å². The van der Waals surface area contributed by atoms with Gasteiger partial charge in [0.05, 0.1) is 12.4 Å². The molecule has 0 saturated carbocycles. The maximum absolute atomic E-state index is 12.9. The van der Waals surface area contributed by atoms with Crippen molar-refractivity contribution in [3.63, 3.8) is 0 Å². The van der Waals surface area contributed by atoms with Gasteiger partial charge >= 0.3 is 0 Å². The second-order valence-corrected chi connectivity index (χ2v) is 7.22. The van der Waals surface area contributed by atoms with Crippen molar-refractivity contribution in [3.05, 3.63) is 83.3 Å². The van der Waals surface area contributed by atoms with Crippen LogP contribution < -0.4 is 5.32 Å². The van der Waals surface area contributed by atoms with Crippen molar-refractivity contribution in [2.24, 2.45) is 0 Å². The van der Waals surface area contributed by atoms with Gasteiger partial charge in [0.25, 0.3) is 5.91 Å². The summed E-state index contributed by atoms with van der Waals surface area (Å²) >= 11 is 0. The number of anilines is 2. The van der Waals surface area contributed by atoms with Crippen LogP contribution in [0.15, 0.2) is 60.9 Å². The lowest BCUT2D eigenvalue weighted by molar-refractivity contribution is 0.0684. The lowest BCUT2D eigenvalue weighted by atomic mass is 10.1. The SMILES string of the molecule is Cc1ccc(Nc2cnc(C(=O)N(Cc3ccccc3)C(C)C)cn2)cc1C. The van der Waals surface area contributed by atoms with Gasteiger partial charge in [-0.3, -0.25) is 4.79 Å². The van der Waals surface area contributed by atoms with E-state index in [1.165, 1.54) is 17.3 Å². The van der Waals surface area contributed by atoms with E-state index in [-0.39, 0.29) is 11.9 Å². The molecule has 0 saturated heterocycles. The highest BCUT2D eigenvalue weighted by Gasteiger charge is 2.20. The Morgan fingerprint density at radius 2 is 1.75 bits per heavy atom. The van der Waals surface area contributed by atoms with Crippen molar-refractivity contribution in [2.75, 3.05) is 5.32 Å². The maximum atomic E-state index is 12.9. The van der Waals surface area contributed by atoms with Crippen LogP contribution in [0.1, 0.15) is 41.0 Å². The fourth-order valence-electron chi connectivity index (χ4n) is 2.89. The minimum atomic E-state index is -0.121. The third-order valence-corrected chi connectivity index (χ3v) is 4.73. The standard InChI is InChI=1S/C23H26N4O/c1-16(2)27(15-19-8-6-5-7-9-19)23(28)21-13-25-22(14-24-21)26-20-11-10-17(3)18(4)12-20/h5-14,16H,15H2,1-4H3,(H,25,26). The fraction of sp³-hybridized carbons (Fsp3) is 0.261. The van der Waals surface area contributed by atoms with Crippen molar-refractivity contribution in [3.8, 4) is 0 Å². The molecule has 0 aliphatic carbocycles. The summed E-state index contributed by atoms with van der Waals surface area (Å²) in [5.41, 5.74) is 4.83. The van der Waals surface area contributed by atoms with Crippen LogP contribution in [0.4, 0.5) is 11.5 Å². The number of carbonyl (C=O) groups is 1. The van der Waals surface area contributed by atoms with Crippen LogP contribution in [-0.4, -0.2) is 26.8 Å². The first-order valence-corrected chi connectivity index (χ1v) is 9.45. The van der Waals surface area contributed by atoms with Gasteiger partial charge in [-0.2, -0.15) is 0 Å². The Kier molecular flexibility index (Phi) is 6.04. The smallest absolute Gasteiger partial charge is 0.274 e. The van der Waals surface area contributed by atoms with E-state index in [2.05, 4.69) is 41.3 Å². The quantitative estimate of drug-likeness (QED) is 0.667. The second-order valence-electron chi connectivity index (χ2n) is 7.22. The van der Waals surface area contributed by atoms with Gasteiger partial charge in [0.1, 0.15) is 11.5 Å². The van der Waals surface area contributed by atoms with Crippen LogP contribution >= 0.6 is 0 Å². The van der Waals surface area contributed by atoms with E-state index in [0.29, 0.717) is 18.1 Å². The van der Waals surface area contributed by atoms with Gasteiger partial charge in [-0.15, -0.1) is 0 Å². The van der Waals surface area contributed by atoms with Crippen LogP contribution in [0, 0.1) is 13.8 Å². The Hall–Kier alpha value is -3.21. The Morgan fingerprint density at radius 3 is 2.36 bits per heavy atom. The molecule has 1 amide bonds. The Morgan fingerprint density at radius 1 is 1.00 bits per heavy atom. The molecule has 5 nitrogen and oxygen atoms in total. The molecule has 0 bridgehead atoms. The molecule has 3 aromatic rings. The number of aromatic nitrogens is 2. The molecule has 1 N–H and O–H groups in total. The van der Waals surface area contributed by atoms with Gasteiger partial charge in [0.2, 0.25) is 0 Å². The highest BCUT2D eigenvalue weighted by molar-refractivity contribution is 5.92. The molecule has 1 aromatic heterocycles. The fourth-order valence-corrected chi connectivity index (χ4v) is 2.89. The van der Waals surface area contributed by atoms with Crippen molar-refractivity contribution in [1.82, 2.24) is 14.9 Å². The molecule has 3 rings (SSSR count). The molecule has 28 heavy (non-hydrogen) atoms. The number of amides is 1. The van der Waals surface area contributed by atoms with Crippen LogP contribution in [0.25, 0.3) is 0 Å². The lowest BCUT2D eigenvalue weighted by Crippen LogP contribution is -2.36. The van der Waals surface area contributed by atoms with E-state index in [4.69, 9.17) is 0 Å². The number of hydrogen-bond acceptors (Lipinski definition) is 4. The zero-order valence-corrected chi connectivity index (χ0v) is 16.8. The summed E-state index contributed by atoms with van der Waals surface area (Å²) in [7, 11) is 0. The number of nitrogens with one attached hydrogen (secondary N) is 1. The molecule has 1 heterocycles. The predicted octanol–water partition coefficient (Wildman–Crippen LogP) is 4.89. The van der Waals surface area contributed by atoms with Crippen molar-refractivity contribution in [1.29, 1.82) is 0 Å². The van der Waals surface area contributed by atoms with E-state index in [9.17, 15) is 4.79 Å². The summed E-state index contributed by atoms with van der Waals surface area (Å²) in [6, 6.07) is 16.2. The van der Waals surface area contributed by atoms with Gasteiger partial charge in [-0.1, -0.05) is 36.4 Å². The molecule has 5 heteroatoms. The van der Waals surface area contributed by atoms with E-state index < -0.39 is 0 Å². The molecule has 0 fully saturated rings. The molecule has 2 aromatic carbocycles. The first-order valence-electron chi connectivity index (χ1n) is 9.45. The number of aryl methyl sites for hydroxylation is 2. The van der Waals surface area contributed by atoms with E-state index in [1.807, 2.05) is 50.2 Å². The Balaban J connectivity index is 1.73. The second kappa shape index (κ2) is 8.65. The average molecular weight is 374 g/mol. The summed E-state index contributed by atoms with van der Waals surface area (Å²) in [6.45, 7) is 8.70. The molecule has 0 aliphatic rings. The zero-order valence-electron chi connectivity index (χ0n) is 16.8. The first kappa shape index (κ1) is 19.5. The third-order valence-electron chi connectivity index (χ3n) is 4.73. The largest absolute Gasteiger partial charge is 0.339 e. The molecule has 0 aliphatic heterocycles. The lowest BCUT2D eigenvalue weighted by Gasteiger charge is -2.26. The number of benzene rings is 2. The monoisotopic (exact) mass is 374 g/mol. The van der Waals surface area contributed by atoms with Crippen LogP contribution in [0.3, 0.4) is 0 Å². The van der Waals surface area contributed by atoms with Gasteiger partial charge in [-0.25, -0.2) is 9.97 Å².